The first-order chi connectivity index (χ1) is 7.37. The highest BCUT2D eigenvalue weighted by atomic mass is 16.6. The first kappa shape index (κ1) is 9.94. The van der Waals surface area contributed by atoms with Gasteiger partial charge in [-0.15, -0.1) is 0 Å². The lowest BCUT2D eigenvalue weighted by atomic mass is 9.49. The van der Waals surface area contributed by atoms with Crippen molar-refractivity contribution in [2.24, 2.45) is 22.2 Å². The van der Waals surface area contributed by atoms with Gasteiger partial charge in [-0.1, -0.05) is 27.7 Å². The predicted octanol–water partition coefficient (Wildman–Crippen LogP) is 3.77. The van der Waals surface area contributed by atoms with Gasteiger partial charge < -0.3 is 4.74 Å². The van der Waals surface area contributed by atoms with E-state index < -0.39 is 0 Å². The molecule has 2 bridgehead atoms. The number of hydrogen-bond acceptors (Lipinski definition) is 1. The molecule has 3 saturated carbocycles. The van der Waals surface area contributed by atoms with Gasteiger partial charge in [0.2, 0.25) is 0 Å². The predicted molar refractivity (Wildman–Crippen MR) is 64.2 cm³/mol. The van der Waals surface area contributed by atoms with E-state index in [-0.39, 0.29) is 5.60 Å². The Hall–Kier alpha value is -0.0400. The van der Waals surface area contributed by atoms with Gasteiger partial charge in [0.15, 0.2) is 0 Å². The van der Waals surface area contributed by atoms with Crippen LogP contribution in [0.15, 0.2) is 0 Å². The zero-order valence-electron chi connectivity index (χ0n) is 11.1. The fourth-order valence-electron chi connectivity index (χ4n) is 6.21. The summed E-state index contributed by atoms with van der Waals surface area (Å²) < 4.78 is 6.36. The van der Waals surface area contributed by atoms with E-state index in [4.69, 9.17) is 4.74 Å². The number of ether oxygens (including phenoxy) is 1. The molecular formula is C15H24O. The van der Waals surface area contributed by atoms with E-state index in [1.807, 2.05) is 0 Å². The third-order valence-electron chi connectivity index (χ3n) is 7.25. The molecule has 0 unspecified atom stereocenters. The molecule has 4 rings (SSSR count). The maximum Gasteiger partial charge on any atom is 0.106 e. The van der Waals surface area contributed by atoms with Gasteiger partial charge in [-0.05, 0) is 48.9 Å². The monoisotopic (exact) mass is 220 g/mol. The minimum Gasteiger partial charge on any atom is -0.365 e. The second-order valence-corrected chi connectivity index (χ2v) is 8.01. The van der Waals surface area contributed by atoms with Crippen molar-refractivity contribution in [3.63, 3.8) is 0 Å². The lowest BCUT2D eigenvalue weighted by Gasteiger charge is -2.53. The summed E-state index contributed by atoms with van der Waals surface area (Å²) in [7, 11) is 0. The molecule has 16 heavy (non-hydrogen) atoms. The van der Waals surface area contributed by atoms with Gasteiger partial charge in [-0.25, -0.2) is 0 Å². The summed E-state index contributed by atoms with van der Waals surface area (Å²) in [6, 6.07) is 0. The van der Waals surface area contributed by atoms with Crippen LogP contribution in [0.2, 0.25) is 0 Å². The van der Waals surface area contributed by atoms with Crippen molar-refractivity contribution in [3.05, 3.63) is 0 Å². The molecule has 4 fully saturated rings. The van der Waals surface area contributed by atoms with Crippen LogP contribution in [0.4, 0.5) is 0 Å². The summed E-state index contributed by atoms with van der Waals surface area (Å²) in [4.78, 5) is 0. The fraction of sp³-hybridized carbons (Fsp3) is 1.00. The smallest absolute Gasteiger partial charge is 0.106 e. The summed E-state index contributed by atoms with van der Waals surface area (Å²) in [5, 5.41) is 0. The van der Waals surface area contributed by atoms with Crippen molar-refractivity contribution in [1.82, 2.24) is 0 Å². The topological polar surface area (TPSA) is 12.5 Å². The van der Waals surface area contributed by atoms with Crippen LogP contribution in [0, 0.1) is 22.2 Å². The van der Waals surface area contributed by atoms with E-state index in [1.165, 1.54) is 32.1 Å². The molecule has 1 saturated heterocycles. The van der Waals surface area contributed by atoms with E-state index in [9.17, 15) is 0 Å². The Balaban J connectivity index is 1.93. The fourth-order valence-corrected chi connectivity index (χ4v) is 6.21. The maximum absolute atomic E-state index is 6.36. The molecule has 4 aliphatic rings. The lowest BCUT2D eigenvalue weighted by Crippen LogP contribution is -2.56. The Morgan fingerprint density at radius 3 is 2.44 bits per heavy atom. The molecule has 3 aliphatic carbocycles. The van der Waals surface area contributed by atoms with Crippen molar-refractivity contribution in [2.75, 3.05) is 0 Å². The first-order valence-corrected chi connectivity index (χ1v) is 7.05. The molecule has 0 N–H and O–H groups in total. The molecule has 1 heterocycles. The molecular weight excluding hydrogens is 196 g/mol. The number of hydrogen-bond donors (Lipinski definition) is 0. The SMILES string of the molecule is CC1(C)CC[C@H]2O[C@]23C(C)(C)[C@H]2CC[C@@]13C2. The van der Waals surface area contributed by atoms with Crippen molar-refractivity contribution in [3.8, 4) is 0 Å². The number of epoxide rings is 1. The molecule has 2 spiro atoms. The normalized spacial score (nSPS) is 59.2. The molecule has 90 valence electrons. The van der Waals surface area contributed by atoms with Gasteiger partial charge in [0, 0.05) is 5.41 Å². The van der Waals surface area contributed by atoms with Crippen LogP contribution in [-0.2, 0) is 4.74 Å². The molecule has 0 aromatic rings. The average molecular weight is 220 g/mol. The zero-order chi connectivity index (χ0) is 11.4. The molecule has 0 radical (unpaired) electrons. The Morgan fingerprint density at radius 2 is 1.75 bits per heavy atom. The Bertz CT molecular complexity index is 370. The van der Waals surface area contributed by atoms with E-state index in [0.717, 1.165) is 5.92 Å². The minimum atomic E-state index is 0.282. The van der Waals surface area contributed by atoms with E-state index in [0.29, 0.717) is 22.3 Å². The van der Waals surface area contributed by atoms with Crippen LogP contribution in [0.25, 0.3) is 0 Å². The van der Waals surface area contributed by atoms with Crippen LogP contribution in [0.5, 0.6) is 0 Å². The summed E-state index contributed by atoms with van der Waals surface area (Å²) in [6.45, 7) is 9.99. The van der Waals surface area contributed by atoms with E-state index >= 15 is 0 Å². The summed E-state index contributed by atoms with van der Waals surface area (Å²) in [6.07, 6.45) is 7.64. The number of fused-ring (bicyclic) bond motifs is 1. The third kappa shape index (κ3) is 0.674. The van der Waals surface area contributed by atoms with Crippen LogP contribution in [-0.4, -0.2) is 11.7 Å². The van der Waals surface area contributed by atoms with E-state index in [1.54, 1.807) is 0 Å². The second-order valence-electron chi connectivity index (χ2n) is 8.01. The van der Waals surface area contributed by atoms with Crippen LogP contribution >= 0.6 is 0 Å². The van der Waals surface area contributed by atoms with Gasteiger partial charge in [0.05, 0.1) is 6.10 Å². The van der Waals surface area contributed by atoms with Gasteiger partial charge in [-0.2, -0.15) is 0 Å². The van der Waals surface area contributed by atoms with Gasteiger partial charge in [0.1, 0.15) is 5.60 Å². The Kier molecular flexibility index (Phi) is 1.40. The molecule has 1 nitrogen and oxygen atoms in total. The Labute approximate surface area is 98.9 Å². The standard InChI is InChI=1S/C15H24O/c1-12(2)7-6-11-15(16-11)13(3,4)10-5-8-14(12,15)9-10/h10-11H,5-9H2,1-4H3/t10-,11+,14+,15-/m0/s1. The second kappa shape index (κ2) is 2.25. The zero-order valence-corrected chi connectivity index (χ0v) is 11.1. The van der Waals surface area contributed by atoms with Crippen LogP contribution < -0.4 is 0 Å². The Morgan fingerprint density at radius 1 is 1.00 bits per heavy atom. The maximum atomic E-state index is 6.36. The quantitative estimate of drug-likeness (QED) is 0.566. The van der Waals surface area contributed by atoms with Gasteiger partial charge in [0.25, 0.3) is 0 Å². The molecule has 0 amide bonds. The average Bonchev–Trinajstić information content (AvgIpc) is 2.70. The lowest BCUT2D eigenvalue weighted by molar-refractivity contribution is -0.0620. The largest absolute Gasteiger partial charge is 0.365 e. The van der Waals surface area contributed by atoms with Crippen LogP contribution in [0.1, 0.15) is 59.8 Å². The van der Waals surface area contributed by atoms with Crippen molar-refractivity contribution in [2.45, 2.75) is 71.5 Å². The summed E-state index contributed by atoms with van der Waals surface area (Å²) >= 11 is 0. The third-order valence-corrected chi connectivity index (χ3v) is 7.25. The molecule has 0 aromatic heterocycles. The van der Waals surface area contributed by atoms with Crippen molar-refractivity contribution < 1.29 is 4.74 Å². The highest BCUT2D eigenvalue weighted by molar-refractivity contribution is 5.34. The first-order valence-electron chi connectivity index (χ1n) is 7.05. The minimum absolute atomic E-state index is 0.282. The molecule has 1 heteroatoms. The summed E-state index contributed by atoms with van der Waals surface area (Å²) in [5.74, 6) is 0.926. The van der Waals surface area contributed by atoms with Gasteiger partial charge >= 0.3 is 0 Å². The van der Waals surface area contributed by atoms with Crippen LogP contribution in [0.3, 0.4) is 0 Å². The molecule has 1 aliphatic heterocycles. The molecule has 0 aromatic carbocycles. The van der Waals surface area contributed by atoms with Crippen molar-refractivity contribution in [1.29, 1.82) is 0 Å². The summed E-state index contributed by atoms with van der Waals surface area (Å²) in [5.41, 5.74) is 1.75. The highest BCUT2D eigenvalue weighted by Crippen LogP contribution is 2.83. The van der Waals surface area contributed by atoms with Gasteiger partial charge in [-0.3, -0.25) is 0 Å². The molecule has 4 atom stereocenters. The van der Waals surface area contributed by atoms with E-state index in [2.05, 4.69) is 27.7 Å². The van der Waals surface area contributed by atoms with Crippen molar-refractivity contribution >= 4 is 0 Å². The number of rotatable bonds is 0. The highest BCUT2D eigenvalue weighted by Gasteiger charge is 2.86.